The molecule has 3 aromatic rings. The van der Waals surface area contributed by atoms with E-state index in [9.17, 15) is 9.59 Å². The fraction of sp³-hybridized carbons (Fsp3) is 0.318. The number of hydrogen-bond donors (Lipinski definition) is 3. The van der Waals surface area contributed by atoms with Crippen molar-refractivity contribution in [3.63, 3.8) is 0 Å². The third-order valence-electron chi connectivity index (χ3n) is 5.56. The summed E-state index contributed by atoms with van der Waals surface area (Å²) in [5, 5.41) is 3.33. The first-order valence-corrected chi connectivity index (χ1v) is 9.84. The van der Waals surface area contributed by atoms with Gasteiger partial charge in [0.15, 0.2) is 0 Å². The van der Waals surface area contributed by atoms with E-state index in [1.807, 2.05) is 18.2 Å². The summed E-state index contributed by atoms with van der Waals surface area (Å²) in [5.74, 6) is -0.154. The van der Waals surface area contributed by atoms with Crippen molar-refractivity contribution in [3.8, 4) is 0 Å². The smallest absolute Gasteiger partial charge is 0.258 e. The van der Waals surface area contributed by atoms with Crippen LogP contribution in [0.25, 0.3) is 10.9 Å². The average Bonchev–Trinajstić information content (AvgIpc) is 2.71. The van der Waals surface area contributed by atoms with Gasteiger partial charge in [-0.2, -0.15) is 0 Å². The maximum absolute atomic E-state index is 12.7. The summed E-state index contributed by atoms with van der Waals surface area (Å²) < 4.78 is 0. The summed E-state index contributed by atoms with van der Waals surface area (Å²) in [4.78, 5) is 33.7. The van der Waals surface area contributed by atoms with Gasteiger partial charge in [-0.25, -0.2) is 4.98 Å². The van der Waals surface area contributed by atoms with Crippen molar-refractivity contribution in [2.24, 2.45) is 5.73 Å². The molecule has 7 heteroatoms. The lowest BCUT2D eigenvalue weighted by Crippen LogP contribution is -2.51. The standard InChI is InChI=1S/C22H25N5O2/c23-22(9-11-27(12-10-22)14-16-5-2-1-3-6-16)13-19(28)26-18-8-4-7-17-20(18)24-15-25-21(17)29/h1-8,15H,9-14,23H2,(H,26,28)(H,24,25,29). The molecule has 4 N–H and O–H groups in total. The Morgan fingerprint density at radius 2 is 1.90 bits per heavy atom. The van der Waals surface area contributed by atoms with Crippen LogP contribution in [0.15, 0.2) is 59.7 Å². The van der Waals surface area contributed by atoms with Crippen molar-refractivity contribution in [2.75, 3.05) is 18.4 Å². The minimum atomic E-state index is -0.521. The Labute approximate surface area is 168 Å². The van der Waals surface area contributed by atoms with Gasteiger partial charge in [-0.15, -0.1) is 0 Å². The first kappa shape index (κ1) is 19.3. The second-order valence-electron chi connectivity index (χ2n) is 7.78. The number of nitrogens with zero attached hydrogens (tertiary/aromatic N) is 2. The van der Waals surface area contributed by atoms with E-state index in [4.69, 9.17) is 5.73 Å². The van der Waals surface area contributed by atoms with Gasteiger partial charge in [0.25, 0.3) is 5.56 Å². The zero-order valence-electron chi connectivity index (χ0n) is 16.2. The zero-order valence-corrected chi connectivity index (χ0v) is 16.2. The number of carbonyl (C=O) groups is 1. The molecule has 1 amide bonds. The summed E-state index contributed by atoms with van der Waals surface area (Å²) >= 11 is 0. The van der Waals surface area contributed by atoms with Gasteiger partial charge in [-0.05, 0) is 30.5 Å². The number of nitrogens with two attached hydrogens (primary N) is 1. The third-order valence-corrected chi connectivity index (χ3v) is 5.56. The van der Waals surface area contributed by atoms with E-state index in [2.05, 4.69) is 32.3 Å². The lowest BCUT2D eigenvalue weighted by atomic mass is 9.85. The number of benzene rings is 2. The molecule has 4 rings (SSSR count). The largest absolute Gasteiger partial charge is 0.325 e. The zero-order chi connectivity index (χ0) is 20.3. The highest BCUT2D eigenvalue weighted by Crippen LogP contribution is 2.26. The Morgan fingerprint density at radius 3 is 2.66 bits per heavy atom. The van der Waals surface area contributed by atoms with Crippen molar-refractivity contribution >= 4 is 22.5 Å². The quantitative estimate of drug-likeness (QED) is 0.619. The maximum atomic E-state index is 12.7. The molecule has 1 aliphatic rings. The second-order valence-corrected chi connectivity index (χ2v) is 7.78. The van der Waals surface area contributed by atoms with Crippen molar-refractivity contribution in [1.29, 1.82) is 0 Å². The van der Waals surface area contributed by atoms with Gasteiger partial charge in [-0.3, -0.25) is 14.5 Å². The van der Waals surface area contributed by atoms with Crippen LogP contribution in [0.5, 0.6) is 0 Å². The van der Waals surface area contributed by atoms with Crippen LogP contribution in [0.4, 0.5) is 5.69 Å². The number of piperidine rings is 1. The van der Waals surface area contributed by atoms with Crippen LogP contribution in [0.1, 0.15) is 24.8 Å². The molecule has 1 aromatic heterocycles. The van der Waals surface area contributed by atoms with E-state index >= 15 is 0 Å². The average molecular weight is 391 g/mol. The number of para-hydroxylation sites is 1. The number of carbonyl (C=O) groups excluding carboxylic acids is 1. The highest BCUT2D eigenvalue weighted by Gasteiger charge is 2.33. The van der Waals surface area contributed by atoms with Gasteiger partial charge in [0.1, 0.15) is 5.52 Å². The van der Waals surface area contributed by atoms with Crippen molar-refractivity contribution in [3.05, 3.63) is 70.8 Å². The molecular formula is C22H25N5O2. The monoisotopic (exact) mass is 391 g/mol. The molecule has 1 fully saturated rings. The highest BCUT2D eigenvalue weighted by atomic mass is 16.1. The van der Waals surface area contributed by atoms with Gasteiger partial charge in [0.2, 0.25) is 5.91 Å². The van der Waals surface area contributed by atoms with E-state index in [0.717, 1.165) is 32.5 Å². The van der Waals surface area contributed by atoms with Crippen LogP contribution >= 0.6 is 0 Å². The Morgan fingerprint density at radius 1 is 1.14 bits per heavy atom. The van der Waals surface area contributed by atoms with E-state index in [1.54, 1.807) is 18.2 Å². The molecule has 7 nitrogen and oxygen atoms in total. The molecule has 0 aliphatic carbocycles. The Balaban J connectivity index is 1.37. The topological polar surface area (TPSA) is 104 Å². The van der Waals surface area contributed by atoms with Crippen LogP contribution in [0.3, 0.4) is 0 Å². The molecule has 0 atom stereocenters. The number of amides is 1. The highest BCUT2D eigenvalue weighted by molar-refractivity contribution is 6.00. The molecule has 1 aliphatic heterocycles. The fourth-order valence-corrected chi connectivity index (χ4v) is 3.89. The van der Waals surface area contributed by atoms with E-state index in [1.165, 1.54) is 11.9 Å². The van der Waals surface area contributed by atoms with Crippen LogP contribution in [0, 0.1) is 0 Å². The Hall–Kier alpha value is -3.03. The Kier molecular flexibility index (Phi) is 5.42. The first-order chi connectivity index (χ1) is 14.0. The minimum Gasteiger partial charge on any atom is -0.325 e. The minimum absolute atomic E-state index is 0.154. The summed E-state index contributed by atoms with van der Waals surface area (Å²) in [5.41, 5.74) is 8.09. The summed E-state index contributed by atoms with van der Waals surface area (Å²) in [6.45, 7) is 2.63. The second kappa shape index (κ2) is 8.14. The van der Waals surface area contributed by atoms with Gasteiger partial charge >= 0.3 is 0 Å². The summed E-state index contributed by atoms with van der Waals surface area (Å²) in [6.07, 6.45) is 3.11. The van der Waals surface area contributed by atoms with Crippen LogP contribution < -0.4 is 16.6 Å². The van der Waals surface area contributed by atoms with Crippen LogP contribution in [-0.2, 0) is 11.3 Å². The van der Waals surface area contributed by atoms with Gasteiger partial charge in [0, 0.05) is 31.6 Å². The van der Waals surface area contributed by atoms with Gasteiger partial charge in [0.05, 0.1) is 17.4 Å². The lowest BCUT2D eigenvalue weighted by molar-refractivity contribution is -0.117. The van der Waals surface area contributed by atoms with Gasteiger partial charge < -0.3 is 16.0 Å². The number of H-pyrrole nitrogens is 1. The molecular weight excluding hydrogens is 366 g/mol. The number of fused-ring (bicyclic) bond motifs is 1. The number of aromatic amines is 1. The van der Waals surface area contributed by atoms with E-state index in [0.29, 0.717) is 16.6 Å². The number of aromatic nitrogens is 2. The molecule has 0 bridgehead atoms. The summed E-state index contributed by atoms with van der Waals surface area (Å²) in [7, 11) is 0. The fourth-order valence-electron chi connectivity index (χ4n) is 3.89. The molecule has 0 saturated carbocycles. The SMILES string of the molecule is NC1(CC(=O)Nc2cccc3c(=O)[nH]cnc23)CCN(Cc2ccccc2)CC1. The number of hydrogen-bond acceptors (Lipinski definition) is 5. The van der Waals surface area contributed by atoms with Crippen LogP contribution in [-0.4, -0.2) is 39.4 Å². The first-order valence-electron chi connectivity index (χ1n) is 9.84. The normalized spacial score (nSPS) is 16.6. The maximum Gasteiger partial charge on any atom is 0.258 e. The predicted molar refractivity (Wildman–Crippen MR) is 113 cm³/mol. The molecule has 1 saturated heterocycles. The molecule has 0 unspecified atom stereocenters. The third kappa shape index (κ3) is 4.52. The van der Waals surface area contributed by atoms with E-state index < -0.39 is 5.54 Å². The van der Waals surface area contributed by atoms with E-state index in [-0.39, 0.29) is 17.9 Å². The molecule has 29 heavy (non-hydrogen) atoms. The molecule has 2 aromatic carbocycles. The molecule has 0 spiro atoms. The van der Waals surface area contributed by atoms with Crippen molar-refractivity contribution in [1.82, 2.24) is 14.9 Å². The molecule has 0 radical (unpaired) electrons. The predicted octanol–water partition coefficient (Wildman–Crippen LogP) is 2.25. The Bertz CT molecular complexity index is 1060. The number of rotatable bonds is 5. The van der Waals surface area contributed by atoms with Crippen molar-refractivity contribution < 1.29 is 4.79 Å². The molecule has 150 valence electrons. The molecule has 2 heterocycles. The number of nitrogens with one attached hydrogen (secondary N) is 2. The van der Waals surface area contributed by atoms with Crippen molar-refractivity contribution in [2.45, 2.75) is 31.3 Å². The van der Waals surface area contributed by atoms with Gasteiger partial charge in [-0.1, -0.05) is 36.4 Å². The lowest BCUT2D eigenvalue weighted by Gasteiger charge is -2.39. The number of likely N-dealkylation sites (tertiary alicyclic amines) is 1. The summed E-state index contributed by atoms with van der Waals surface area (Å²) in [6, 6.07) is 15.5. The van der Waals surface area contributed by atoms with Crippen LogP contribution in [0.2, 0.25) is 0 Å². The number of anilines is 1.